The Morgan fingerprint density at radius 3 is 2.67 bits per heavy atom. The lowest BCUT2D eigenvalue weighted by molar-refractivity contribution is -0.719. The summed E-state index contributed by atoms with van der Waals surface area (Å²) >= 11 is 1.28. The lowest BCUT2D eigenvalue weighted by Gasteiger charge is -2.05. The second-order valence-electron chi connectivity index (χ2n) is 6.42. The first-order chi connectivity index (χ1) is 14.5. The molecule has 3 rings (SSSR count). The number of H-pyrrole nitrogens is 1. The predicted octanol–water partition coefficient (Wildman–Crippen LogP) is 1.30. The van der Waals surface area contributed by atoms with Gasteiger partial charge in [-0.2, -0.15) is 5.10 Å². The minimum Gasteiger partial charge on any atom is -0.545 e. The molecule has 8 nitrogen and oxygen atoms in total. The maximum absolute atomic E-state index is 12.1. The molecule has 1 heterocycles. The minimum atomic E-state index is -1.30. The Labute approximate surface area is 178 Å². The number of hydrogen-bond donors (Lipinski definition) is 2. The number of amides is 1. The number of benzene rings is 2. The van der Waals surface area contributed by atoms with Crippen LogP contribution in [0, 0.1) is 6.92 Å². The SMILES string of the molecule is CC[n+]1c(SCC(=O)NN=Cc2ccccc2C(=O)[O-])n[nH]c1-c1ccc(C)cc1. The first kappa shape index (κ1) is 21.3. The molecule has 0 radical (unpaired) electrons. The molecule has 0 unspecified atom stereocenters. The molecule has 0 saturated carbocycles. The van der Waals surface area contributed by atoms with Crippen molar-refractivity contribution in [2.24, 2.45) is 5.10 Å². The molecule has 0 atom stereocenters. The van der Waals surface area contributed by atoms with Gasteiger partial charge in [0.05, 0.1) is 35.1 Å². The van der Waals surface area contributed by atoms with Crippen LogP contribution < -0.4 is 15.1 Å². The molecule has 0 spiro atoms. The number of aromatic carboxylic acids is 1. The van der Waals surface area contributed by atoms with E-state index in [1.165, 1.54) is 29.6 Å². The van der Waals surface area contributed by atoms with Crippen LogP contribution >= 0.6 is 11.8 Å². The number of carboxylic acid groups (broad SMARTS) is 1. The molecule has 0 aliphatic heterocycles. The number of carboxylic acids is 1. The fraction of sp³-hybridized carbons (Fsp3) is 0.190. The van der Waals surface area contributed by atoms with Gasteiger partial charge in [0.15, 0.2) is 0 Å². The molecule has 1 amide bonds. The molecule has 2 N–H and O–H groups in total. The summed E-state index contributed by atoms with van der Waals surface area (Å²) in [7, 11) is 0. The number of rotatable bonds is 8. The molecular formula is C21H21N5O3S. The Morgan fingerprint density at radius 2 is 1.97 bits per heavy atom. The number of carbonyl (C=O) groups excluding carboxylic acids is 2. The van der Waals surface area contributed by atoms with Crippen LogP contribution in [0.4, 0.5) is 0 Å². The van der Waals surface area contributed by atoms with E-state index in [4.69, 9.17) is 0 Å². The summed E-state index contributed by atoms with van der Waals surface area (Å²) in [6.07, 6.45) is 1.28. The molecular weight excluding hydrogens is 402 g/mol. The van der Waals surface area contributed by atoms with Crippen LogP contribution in [0.15, 0.2) is 58.8 Å². The van der Waals surface area contributed by atoms with Crippen molar-refractivity contribution in [3.05, 3.63) is 65.2 Å². The summed E-state index contributed by atoms with van der Waals surface area (Å²) in [5, 5.41) is 23.0. The normalized spacial score (nSPS) is 11.0. The van der Waals surface area contributed by atoms with Crippen molar-refractivity contribution in [2.45, 2.75) is 25.5 Å². The zero-order valence-electron chi connectivity index (χ0n) is 16.6. The number of hydrogen-bond acceptors (Lipinski definition) is 6. The van der Waals surface area contributed by atoms with Crippen LogP contribution in [-0.2, 0) is 11.3 Å². The zero-order valence-corrected chi connectivity index (χ0v) is 17.4. The van der Waals surface area contributed by atoms with Gasteiger partial charge in [0.25, 0.3) is 11.7 Å². The maximum Gasteiger partial charge on any atom is 0.337 e. The number of nitrogens with zero attached hydrogens (tertiary/aromatic N) is 3. The van der Waals surface area contributed by atoms with Crippen LogP contribution in [0.1, 0.15) is 28.4 Å². The van der Waals surface area contributed by atoms with Crippen molar-refractivity contribution in [1.82, 2.24) is 15.6 Å². The molecule has 30 heavy (non-hydrogen) atoms. The summed E-state index contributed by atoms with van der Waals surface area (Å²) in [4.78, 5) is 23.2. The highest BCUT2D eigenvalue weighted by Gasteiger charge is 2.21. The molecule has 9 heteroatoms. The van der Waals surface area contributed by atoms with Crippen molar-refractivity contribution in [1.29, 1.82) is 0 Å². The average Bonchev–Trinajstić information content (AvgIpc) is 3.16. The van der Waals surface area contributed by atoms with Gasteiger partial charge >= 0.3 is 5.16 Å². The van der Waals surface area contributed by atoms with Crippen molar-refractivity contribution in [3.63, 3.8) is 0 Å². The second kappa shape index (κ2) is 9.84. The van der Waals surface area contributed by atoms with Crippen molar-refractivity contribution < 1.29 is 19.3 Å². The summed E-state index contributed by atoms with van der Waals surface area (Å²) in [6.45, 7) is 4.74. The summed E-state index contributed by atoms with van der Waals surface area (Å²) < 4.78 is 2.00. The van der Waals surface area contributed by atoms with E-state index in [1.54, 1.807) is 18.2 Å². The van der Waals surface area contributed by atoms with Crippen LogP contribution in [-0.4, -0.2) is 34.0 Å². The van der Waals surface area contributed by atoms with E-state index in [2.05, 4.69) is 20.7 Å². The quantitative estimate of drug-likeness (QED) is 0.245. The molecule has 154 valence electrons. The summed E-state index contributed by atoms with van der Waals surface area (Å²) in [5.74, 6) is -0.648. The smallest absolute Gasteiger partial charge is 0.337 e. The fourth-order valence-electron chi connectivity index (χ4n) is 2.78. The monoisotopic (exact) mass is 423 g/mol. The van der Waals surface area contributed by atoms with Gasteiger partial charge in [-0.05, 0) is 37.7 Å². The molecule has 0 aliphatic rings. The van der Waals surface area contributed by atoms with Gasteiger partial charge < -0.3 is 9.90 Å². The molecule has 0 bridgehead atoms. The minimum absolute atomic E-state index is 0.00835. The Balaban J connectivity index is 1.61. The van der Waals surface area contributed by atoms with Gasteiger partial charge in [-0.25, -0.2) is 9.99 Å². The van der Waals surface area contributed by atoms with E-state index >= 15 is 0 Å². The topological polar surface area (TPSA) is 114 Å². The van der Waals surface area contributed by atoms with Gasteiger partial charge in [0.2, 0.25) is 0 Å². The highest BCUT2D eigenvalue weighted by Crippen LogP contribution is 2.18. The van der Waals surface area contributed by atoms with E-state index in [-0.39, 0.29) is 17.2 Å². The molecule has 0 saturated heterocycles. The van der Waals surface area contributed by atoms with E-state index in [0.29, 0.717) is 17.3 Å². The first-order valence-corrected chi connectivity index (χ1v) is 10.3. The lowest BCUT2D eigenvalue weighted by Crippen LogP contribution is -2.36. The number of nitrogens with one attached hydrogen (secondary N) is 2. The predicted molar refractivity (Wildman–Crippen MR) is 112 cm³/mol. The average molecular weight is 423 g/mol. The van der Waals surface area contributed by atoms with Crippen molar-refractivity contribution in [3.8, 4) is 11.4 Å². The standard InChI is InChI=1S/C21H21N5O3S/c1-3-26-19(15-10-8-14(2)9-11-15)24-25-21(26)30-13-18(27)23-22-12-16-6-4-5-7-17(16)20(28)29/h4-12H,3,13H2,1-2H3,(H2,23,27,28,29). The van der Waals surface area contributed by atoms with Crippen LogP contribution in [0.2, 0.25) is 0 Å². The number of aromatic nitrogens is 3. The third kappa shape index (κ3) is 5.12. The third-order valence-corrected chi connectivity index (χ3v) is 5.28. The van der Waals surface area contributed by atoms with E-state index in [1.807, 2.05) is 42.7 Å². The number of thioether (sulfide) groups is 1. The van der Waals surface area contributed by atoms with Gasteiger partial charge in [-0.1, -0.05) is 42.0 Å². The number of aryl methyl sites for hydroxylation is 1. The Kier molecular flexibility index (Phi) is 6.97. The van der Waals surface area contributed by atoms with E-state index in [0.717, 1.165) is 11.4 Å². The Bertz CT molecular complexity index is 1080. The van der Waals surface area contributed by atoms with Crippen molar-refractivity contribution in [2.75, 3.05) is 5.75 Å². The number of hydrazone groups is 1. The third-order valence-electron chi connectivity index (χ3n) is 4.31. The first-order valence-electron chi connectivity index (χ1n) is 9.30. The molecule has 0 fully saturated rings. The molecule has 3 aromatic rings. The molecule has 1 aromatic heterocycles. The van der Waals surface area contributed by atoms with Crippen LogP contribution in [0.25, 0.3) is 11.4 Å². The zero-order chi connectivity index (χ0) is 21.5. The summed E-state index contributed by atoms with van der Waals surface area (Å²) in [5.41, 5.74) is 4.95. The van der Waals surface area contributed by atoms with Crippen LogP contribution in [0.3, 0.4) is 0 Å². The largest absolute Gasteiger partial charge is 0.545 e. The van der Waals surface area contributed by atoms with Gasteiger partial charge in [0, 0.05) is 11.1 Å². The maximum atomic E-state index is 12.1. The highest BCUT2D eigenvalue weighted by atomic mass is 32.2. The second-order valence-corrected chi connectivity index (χ2v) is 7.36. The Hall–Kier alpha value is -3.46. The summed E-state index contributed by atoms with van der Waals surface area (Å²) in [6, 6.07) is 14.4. The van der Waals surface area contributed by atoms with Crippen LogP contribution in [0.5, 0.6) is 0 Å². The van der Waals surface area contributed by atoms with E-state index in [9.17, 15) is 14.7 Å². The highest BCUT2D eigenvalue weighted by molar-refractivity contribution is 7.99. The number of aromatic amines is 1. The molecule has 2 aromatic carbocycles. The van der Waals surface area contributed by atoms with Crippen molar-refractivity contribution >= 4 is 29.9 Å². The van der Waals surface area contributed by atoms with E-state index < -0.39 is 5.97 Å². The fourth-order valence-corrected chi connectivity index (χ4v) is 3.60. The van der Waals surface area contributed by atoms with Gasteiger partial charge in [-0.15, -0.1) is 5.10 Å². The molecule has 0 aliphatic carbocycles. The van der Waals surface area contributed by atoms with Gasteiger partial charge in [-0.3, -0.25) is 4.79 Å². The van der Waals surface area contributed by atoms with Gasteiger partial charge in [0.1, 0.15) is 0 Å². The lowest BCUT2D eigenvalue weighted by atomic mass is 10.1. The number of carbonyl (C=O) groups is 2. The Morgan fingerprint density at radius 1 is 1.23 bits per heavy atom.